The fraction of sp³-hybridized carbons (Fsp3) is 0.214. The van der Waals surface area contributed by atoms with Crippen molar-refractivity contribution in [2.45, 2.75) is 31.5 Å². The highest BCUT2D eigenvalue weighted by Crippen LogP contribution is 2.21. The molecule has 5 N–H and O–H groups in total. The van der Waals surface area contributed by atoms with Gasteiger partial charge in [0.25, 0.3) is 18.2 Å². The van der Waals surface area contributed by atoms with E-state index in [0.29, 0.717) is 12.1 Å². The SMILES string of the molecule is CNC(=O)NC(C)(C(F)F)[C@H](NC(=O)c1ccc(C#CC#Cc2ccc(Cn3ccnc3)cc2)cc1)C(=O)NO. The van der Waals surface area contributed by atoms with Crippen molar-refractivity contribution in [1.82, 2.24) is 31.0 Å². The number of imidazole rings is 1. The number of nitrogens with zero attached hydrogens (tertiary/aromatic N) is 2. The van der Waals surface area contributed by atoms with Crippen LogP contribution in [-0.4, -0.2) is 57.7 Å². The molecule has 0 spiro atoms. The number of urea groups is 1. The van der Waals surface area contributed by atoms with Gasteiger partial charge in [-0.15, -0.1) is 0 Å². The monoisotopic (exact) mass is 548 g/mol. The third-order valence-corrected chi connectivity index (χ3v) is 5.81. The number of rotatable bonds is 8. The summed E-state index contributed by atoms with van der Waals surface area (Å²) >= 11 is 0. The molecule has 40 heavy (non-hydrogen) atoms. The molecular weight excluding hydrogens is 522 g/mol. The van der Waals surface area contributed by atoms with E-state index in [-0.39, 0.29) is 5.56 Å². The summed E-state index contributed by atoms with van der Waals surface area (Å²) in [5, 5.41) is 15.2. The Labute approximate surface area is 229 Å². The molecule has 0 saturated carbocycles. The number of hydroxylamine groups is 1. The van der Waals surface area contributed by atoms with E-state index in [1.54, 1.807) is 12.5 Å². The van der Waals surface area contributed by atoms with Gasteiger partial charge in [-0.25, -0.2) is 24.0 Å². The van der Waals surface area contributed by atoms with Crippen LogP contribution in [0.5, 0.6) is 0 Å². The van der Waals surface area contributed by atoms with Crippen LogP contribution in [0.1, 0.15) is 34.0 Å². The number of hydrogen-bond donors (Lipinski definition) is 5. The Kier molecular flexibility index (Phi) is 9.95. The molecule has 1 aromatic heterocycles. The maximum absolute atomic E-state index is 13.9. The van der Waals surface area contributed by atoms with E-state index in [1.165, 1.54) is 36.8 Å². The Bertz CT molecular complexity index is 1450. The molecule has 0 radical (unpaired) electrons. The summed E-state index contributed by atoms with van der Waals surface area (Å²) in [6.07, 6.45) is 2.05. The smallest absolute Gasteiger partial charge is 0.315 e. The van der Waals surface area contributed by atoms with Crippen LogP contribution in [0.25, 0.3) is 0 Å². The summed E-state index contributed by atoms with van der Waals surface area (Å²) in [5.74, 6) is 9.04. The van der Waals surface area contributed by atoms with E-state index in [9.17, 15) is 23.2 Å². The lowest BCUT2D eigenvalue weighted by Gasteiger charge is -2.36. The predicted octanol–water partition coefficient (Wildman–Crippen LogP) is 1.89. The molecular formula is C28H26F2N6O4. The number of halogens is 2. The first-order chi connectivity index (χ1) is 19.2. The van der Waals surface area contributed by atoms with Gasteiger partial charge in [0.15, 0.2) is 0 Å². The molecule has 0 saturated heterocycles. The first-order valence-corrected chi connectivity index (χ1v) is 11.9. The lowest BCUT2D eigenvalue weighted by molar-refractivity contribution is -0.135. The van der Waals surface area contributed by atoms with Gasteiger partial charge in [-0.2, -0.15) is 0 Å². The molecule has 2 aromatic carbocycles. The topological polar surface area (TPSA) is 137 Å². The number of carbonyl (C=O) groups excluding carboxylic acids is 3. The molecule has 0 fully saturated rings. The minimum Gasteiger partial charge on any atom is -0.341 e. The van der Waals surface area contributed by atoms with Gasteiger partial charge in [0.2, 0.25) is 0 Å². The summed E-state index contributed by atoms with van der Waals surface area (Å²) in [5.41, 5.74) is 1.14. The van der Waals surface area contributed by atoms with Crippen LogP contribution in [0.2, 0.25) is 0 Å². The maximum Gasteiger partial charge on any atom is 0.315 e. The Morgan fingerprint density at radius 1 is 1.02 bits per heavy atom. The molecule has 4 amide bonds. The zero-order chi connectivity index (χ0) is 29.1. The molecule has 10 nitrogen and oxygen atoms in total. The number of amides is 4. The number of hydrogen-bond acceptors (Lipinski definition) is 5. The molecule has 1 heterocycles. The second-order valence-corrected chi connectivity index (χ2v) is 8.68. The van der Waals surface area contributed by atoms with Crippen molar-refractivity contribution < 1.29 is 28.4 Å². The van der Waals surface area contributed by atoms with Gasteiger partial charge in [-0.05, 0) is 60.7 Å². The summed E-state index contributed by atoms with van der Waals surface area (Å²) in [6, 6.07) is 10.5. The van der Waals surface area contributed by atoms with E-state index in [0.717, 1.165) is 18.1 Å². The number of aromatic nitrogens is 2. The van der Waals surface area contributed by atoms with Crippen molar-refractivity contribution >= 4 is 17.8 Å². The van der Waals surface area contributed by atoms with Crippen molar-refractivity contribution in [3.8, 4) is 23.7 Å². The van der Waals surface area contributed by atoms with E-state index < -0.39 is 35.9 Å². The molecule has 0 bridgehead atoms. The average molecular weight is 549 g/mol. The third kappa shape index (κ3) is 7.66. The van der Waals surface area contributed by atoms with Crippen molar-refractivity contribution in [1.29, 1.82) is 0 Å². The summed E-state index contributed by atoms with van der Waals surface area (Å²) in [6.45, 7) is 1.57. The molecule has 2 atom stereocenters. The van der Waals surface area contributed by atoms with E-state index in [1.807, 2.05) is 40.3 Å². The molecule has 206 valence electrons. The number of benzene rings is 2. The average Bonchev–Trinajstić information content (AvgIpc) is 3.47. The van der Waals surface area contributed by atoms with Gasteiger partial charge in [0.05, 0.1) is 6.33 Å². The zero-order valence-corrected chi connectivity index (χ0v) is 21.5. The van der Waals surface area contributed by atoms with E-state index in [2.05, 4.69) is 39.3 Å². The van der Waals surface area contributed by atoms with E-state index in [4.69, 9.17) is 5.21 Å². The quantitative estimate of drug-likeness (QED) is 0.166. The van der Waals surface area contributed by atoms with Crippen LogP contribution >= 0.6 is 0 Å². The fourth-order valence-corrected chi connectivity index (χ4v) is 3.52. The van der Waals surface area contributed by atoms with Crippen LogP contribution in [0, 0.1) is 23.7 Å². The molecule has 12 heteroatoms. The maximum atomic E-state index is 13.9. The predicted molar refractivity (Wildman–Crippen MR) is 141 cm³/mol. The van der Waals surface area contributed by atoms with Crippen LogP contribution < -0.4 is 21.4 Å². The van der Waals surface area contributed by atoms with Crippen molar-refractivity contribution in [3.05, 3.63) is 89.5 Å². The normalized spacial score (nSPS) is 12.4. The Hall–Kier alpha value is -5.20. The number of nitrogens with one attached hydrogen (secondary N) is 4. The molecule has 1 unspecified atom stereocenters. The fourth-order valence-electron chi connectivity index (χ4n) is 3.52. The van der Waals surface area contributed by atoms with Crippen molar-refractivity contribution in [2.75, 3.05) is 7.05 Å². The Morgan fingerprint density at radius 3 is 2.12 bits per heavy atom. The lowest BCUT2D eigenvalue weighted by atomic mass is 9.91. The van der Waals surface area contributed by atoms with Crippen LogP contribution in [0.15, 0.2) is 67.3 Å². The molecule has 3 rings (SSSR count). The number of alkyl halides is 2. The third-order valence-electron chi connectivity index (χ3n) is 5.81. The minimum atomic E-state index is -3.29. The zero-order valence-electron chi connectivity index (χ0n) is 21.5. The van der Waals surface area contributed by atoms with Crippen LogP contribution in [-0.2, 0) is 11.3 Å². The van der Waals surface area contributed by atoms with Crippen LogP contribution in [0.3, 0.4) is 0 Å². The lowest BCUT2D eigenvalue weighted by Crippen LogP contribution is -2.69. The van der Waals surface area contributed by atoms with Gasteiger partial charge in [-0.3, -0.25) is 14.8 Å². The first kappa shape index (κ1) is 29.4. The minimum absolute atomic E-state index is 0.0275. The summed E-state index contributed by atoms with van der Waals surface area (Å²) < 4.78 is 29.7. The van der Waals surface area contributed by atoms with Gasteiger partial charge >= 0.3 is 6.03 Å². The standard InChI is InChI=1S/C28H26F2N6O4/c1-28(26(29)30,34-27(39)31-2)23(25(38)35-40)33-24(37)22-13-11-20(12-14-22)6-4-3-5-19-7-9-21(10-8-19)17-36-16-15-32-18-36/h7-16,18,23,26,40H,17H2,1-2H3,(H,33,37)(H,35,38)(H2,31,34,39)/t23-,28?/m1/s1. The van der Waals surface area contributed by atoms with Gasteiger partial charge in [0, 0.05) is 42.7 Å². The summed E-state index contributed by atoms with van der Waals surface area (Å²) in [4.78, 5) is 40.6. The second-order valence-electron chi connectivity index (χ2n) is 8.68. The second kappa shape index (κ2) is 13.6. The molecule has 0 aliphatic rings. The van der Waals surface area contributed by atoms with Crippen molar-refractivity contribution in [3.63, 3.8) is 0 Å². The largest absolute Gasteiger partial charge is 0.341 e. The highest BCUT2D eigenvalue weighted by Gasteiger charge is 2.48. The molecule has 3 aromatic rings. The summed E-state index contributed by atoms with van der Waals surface area (Å²) in [7, 11) is 1.19. The molecule has 0 aliphatic carbocycles. The van der Waals surface area contributed by atoms with Crippen molar-refractivity contribution in [2.24, 2.45) is 0 Å². The highest BCUT2D eigenvalue weighted by molar-refractivity contribution is 5.98. The molecule has 0 aliphatic heterocycles. The van der Waals surface area contributed by atoms with E-state index >= 15 is 0 Å². The Morgan fingerprint density at radius 2 is 1.62 bits per heavy atom. The number of carbonyl (C=O) groups is 3. The first-order valence-electron chi connectivity index (χ1n) is 11.9. The van der Waals surface area contributed by atoms with Gasteiger partial charge in [0.1, 0.15) is 11.6 Å². The van der Waals surface area contributed by atoms with Gasteiger partial charge in [-0.1, -0.05) is 24.0 Å². The highest BCUT2D eigenvalue weighted by atomic mass is 19.3. The van der Waals surface area contributed by atoms with Gasteiger partial charge < -0.3 is 20.5 Å². The van der Waals surface area contributed by atoms with Crippen LogP contribution in [0.4, 0.5) is 13.6 Å². The Balaban J connectivity index is 1.66.